The molecule has 2 rings (SSSR count). The maximum Gasteiger partial charge on any atom is 0.120 e. The zero-order chi connectivity index (χ0) is 14.2. The molecule has 0 aliphatic rings. The van der Waals surface area contributed by atoms with Gasteiger partial charge in [0.1, 0.15) is 12.4 Å². The summed E-state index contributed by atoms with van der Waals surface area (Å²) in [5, 5.41) is 0. The maximum absolute atomic E-state index is 5.78. The lowest BCUT2D eigenvalue weighted by molar-refractivity contribution is 0.306. The molecule has 20 heavy (non-hydrogen) atoms. The van der Waals surface area contributed by atoms with Gasteiger partial charge in [-0.15, -0.1) is 11.6 Å². The highest BCUT2D eigenvalue weighted by atomic mass is 35.5. The van der Waals surface area contributed by atoms with E-state index in [-0.39, 0.29) is 0 Å². The van der Waals surface area contributed by atoms with Gasteiger partial charge in [-0.05, 0) is 36.2 Å². The van der Waals surface area contributed by atoms with Crippen LogP contribution in [-0.2, 0) is 6.61 Å². The first kappa shape index (κ1) is 14.5. The summed E-state index contributed by atoms with van der Waals surface area (Å²) >= 11 is 5.61. The van der Waals surface area contributed by atoms with Gasteiger partial charge in [-0.1, -0.05) is 42.2 Å². The van der Waals surface area contributed by atoms with E-state index in [4.69, 9.17) is 16.3 Å². The maximum atomic E-state index is 5.78. The minimum Gasteiger partial charge on any atom is -0.489 e. The van der Waals surface area contributed by atoms with Gasteiger partial charge in [0.15, 0.2) is 0 Å². The Bertz CT molecular complexity index is 608. The summed E-state index contributed by atoms with van der Waals surface area (Å²) < 4.78 is 5.78. The van der Waals surface area contributed by atoms with Gasteiger partial charge in [-0.2, -0.15) is 0 Å². The first-order valence-corrected chi connectivity index (χ1v) is 7.15. The fourth-order valence-electron chi connectivity index (χ4n) is 1.81. The average Bonchev–Trinajstić information content (AvgIpc) is 2.48. The van der Waals surface area contributed by atoms with Crippen LogP contribution in [0.15, 0.2) is 48.5 Å². The minimum atomic E-state index is 0.574. The fourth-order valence-corrected chi connectivity index (χ4v) is 1.91. The van der Waals surface area contributed by atoms with Gasteiger partial charge >= 0.3 is 0 Å². The van der Waals surface area contributed by atoms with Crippen LogP contribution in [0.25, 0.3) is 0 Å². The molecular formula is C18H17ClO. The van der Waals surface area contributed by atoms with Crippen LogP contribution >= 0.6 is 11.6 Å². The van der Waals surface area contributed by atoms with Gasteiger partial charge in [0.25, 0.3) is 0 Å². The number of hydrogen-bond acceptors (Lipinski definition) is 1. The topological polar surface area (TPSA) is 9.23 Å². The van der Waals surface area contributed by atoms with Crippen LogP contribution in [0.4, 0.5) is 0 Å². The summed E-state index contributed by atoms with van der Waals surface area (Å²) in [6.07, 6.45) is 0.716. The standard InChI is InChI=1S/C18H17ClO/c1-15-13-18(11-10-17(15)9-5-6-12-19)20-14-16-7-3-2-4-8-16/h2-4,7-8,10-11,13H,6,12,14H2,1H3. The van der Waals surface area contributed by atoms with E-state index in [0.717, 1.165) is 22.4 Å². The Morgan fingerprint density at radius 2 is 1.90 bits per heavy atom. The zero-order valence-corrected chi connectivity index (χ0v) is 12.3. The Kier molecular flexibility index (Phi) is 5.53. The Morgan fingerprint density at radius 3 is 2.60 bits per heavy atom. The lowest BCUT2D eigenvalue weighted by Crippen LogP contribution is -1.95. The minimum absolute atomic E-state index is 0.574. The van der Waals surface area contributed by atoms with Gasteiger partial charge in [0, 0.05) is 17.9 Å². The highest BCUT2D eigenvalue weighted by Crippen LogP contribution is 2.18. The molecule has 0 saturated carbocycles. The van der Waals surface area contributed by atoms with Gasteiger partial charge in [-0.3, -0.25) is 0 Å². The van der Waals surface area contributed by atoms with E-state index in [1.54, 1.807) is 0 Å². The van der Waals surface area contributed by atoms with Crippen molar-refractivity contribution in [3.63, 3.8) is 0 Å². The molecule has 2 aromatic carbocycles. The van der Waals surface area contributed by atoms with Crippen molar-refractivity contribution in [3.8, 4) is 17.6 Å². The van der Waals surface area contributed by atoms with Gasteiger partial charge in [0.05, 0.1) is 0 Å². The first-order chi connectivity index (χ1) is 9.79. The van der Waals surface area contributed by atoms with E-state index in [1.807, 2.05) is 43.3 Å². The smallest absolute Gasteiger partial charge is 0.120 e. The van der Waals surface area contributed by atoms with Crippen LogP contribution in [0.5, 0.6) is 5.75 Å². The molecule has 102 valence electrons. The molecule has 0 fully saturated rings. The van der Waals surface area contributed by atoms with E-state index in [1.165, 1.54) is 0 Å². The van der Waals surface area contributed by atoms with Crippen molar-refractivity contribution in [3.05, 3.63) is 65.2 Å². The Hall–Kier alpha value is -1.91. The quantitative estimate of drug-likeness (QED) is 0.591. The molecule has 0 unspecified atom stereocenters. The third-order valence-electron chi connectivity index (χ3n) is 2.89. The second-order valence-electron chi connectivity index (χ2n) is 4.49. The first-order valence-electron chi connectivity index (χ1n) is 6.62. The second-order valence-corrected chi connectivity index (χ2v) is 4.87. The molecule has 0 spiro atoms. The van der Waals surface area contributed by atoms with Crippen molar-refractivity contribution >= 4 is 11.6 Å². The van der Waals surface area contributed by atoms with Crippen LogP contribution in [0.2, 0.25) is 0 Å². The Labute approximate surface area is 125 Å². The Balaban J connectivity index is 2.01. The average molecular weight is 285 g/mol. The van der Waals surface area contributed by atoms with E-state index in [2.05, 4.69) is 24.0 Å². The molecule has 0 aliphatic carbocycles. The summed E-state index contributed by atoms with van der Waals surface area (Å²) in [6, 6.07) is 16.1. The zero-order valence-electron chi connectivity index (χ0n) is 11.5. The molecule has 0 atom stereocenters. The highest BCUT2D eigenvalue weighted by molar-refractivity contribution is 6.18. The van der Waals surface area contributed by atoms with Crippen LogP contribution in [0.3, 0.4) is 0 Å². The number of aryl methyl sites for hydroxylation is 1. The summed E-state index contributed by atoms with van der Waals surface area (Å²) in [7, 11) is 0. The predicted molar refractivity (Wildman–Crippen MR) is 84.2 cm³/mol. The Morgan fingerprint density at radius 1 is 1.10 bits per heavy atom. The number of hydrogen-bond donors (Lipinski definition) is 0. The van der Waals surface area contributed by atoms with Gasteiger partial charge in [-0.25, -0.2) is 0 Å². The molecule has 0 aliphatic heterocycles. The molecule has 2 aromatic rings. The number of ether oxygens (including phenoxy) is 1. The number of benzene rings is 2. The molecule has 0 saturated heterocycles. The van der Waals surface area contributed by atoms with Crippen molar-refractivity contribution in [2.45, 2.75) is 20.0 Å². The van der Waals surface area contributed by atoms with Crippen molar-refractivity contribution in [2.24, 2.45) is 0 Å². The monoisotopic (exact) mass is 284 g/mol. The SMILES string of the molecule is Cc1cc(OCc2ccccc2)ccc1C#CCCCl. The number of halogens is 1. The van der Waals surface area contributed by atoms with E-state index >= 15 is 0 Å². The van der Waals surface area contributed by atoms with Crippen molar-refractivity contribution in [2.75, 3.05) is 5.88 Å². The molecular weight excluding hydrogens is 268 g/mol. The molecule has 0 amide bonds. The molecule has 1 nitrogen and oxygen atoms in total. The van der Waals surface area contributed by atoms with E-state index in [9.17, 15) is 0 Å². The lowest BCUT2D eigenvalue weighted by Gasteiger charge is -2.08. The highest BCUT2D eigenvalue weighted by Gasteiger charge is 1.99. The molecule has 0 aromatic heterocycles. The summed E-state index contributed by atoms with van der Waals surface area (Å²) in [4.78, 5) is 0. The third-order valence-corrected chi connectivity index (χ3v) is 3.08. The van der Waals surface area contributed by atoms with Gasteiger partial charge < -0.3 is 4.74 Å². The molecule has 2 heteroatoms. The van der Waals surface area contributed by atoms with Crippen LogP contribution in [0, 0.1) is 18.8 Å². The van der Waals surface area contributed by atoms with Crippen molar-refractivity contribution in [1.29, 1.82) is 0 Å². The second kappa shape index (κ2) is 7.62. The fraction of sp³-hybridized carbons (Fsp3) is 0.222. The predicted octanol–water partition coefficient (Wildman–Crippen LogP) is 4.55. The molecule has 0 heterocycles. The number of alkyl halides is 1. The number of rotatable bonds is 4. The van der Waals surface area contributed by atoms with Crippen LogP contribution in [0.1, 0.15) is 23.1 Å². The molecule has 0 bridgehead atoms. The summed E-state index contributed by atoms with van der Waals surface area (Å²) in [5.41, 5.74) is 3.32. The molecule has 0 N–H and O–H groups in total. The van der Waals surface area contributed by atoms with Crippen LogP contribution < -0.4 is 4.74 Å². The normalized spacial score (nSPS) is 9.70. The summed E-state index contributed by atoms with van der Waals surface area (Å²) in [5.74, 6) is 7.61. The van der Waals surface area contributed by atoms with Crippen molar-refractivity contribution < 1.29 is 4.74 Å². The van der Waals surface area contributed by atoms with E-state index < -0.39 is 0 Å². The lowest BCUT2D eigenvalue weighted by atomic mass is 10.1. The summed E-state index contributed by atoms with van der Waals surface area (Å²) in [6.45, 7) is 2.62. The largest absolute Gasteiger partial charge is 0.489 e. The third kappa shape index (κ3) is 4.33. The van der Waals surface area contributed by atoms with Crippen molar-refractivity contribution in [1.82, 2.24) is 0 Å². The van der Waals surface area contributed by atoms with Crippen LogP contribution in [-0.4, -0.2) is 5.88 Å². The van der Waals surface area contributed by atoms with E-state index in [0.29, 0.717) is 18.9 Å². The molecule has 0 radical (unpaired) electrons. The van der Waals surface area contributed by atoms with Gasteiger partial charge in [0.2, 0.25) is 0 Å².